The van der Waals surface area contributed by atoms with Crippen LogP contribution in [0.4, 0.5) is 5.82 Å². The van der Waals surface area contributed by atoms with E-state index in [0.29, 0.717) is 4.83 Å². The van der Waals surface area contributed by atoms with Crippen molar-refractivity contribution in [2.45, 2.75) is 31.5 Å². The molecule has 0 saturated carbocycles. The summed E-state index contributed by atoms with van der Waals surface area (Å²) < 4.78 is 0. The molecule has 0 amide bonds. The van der Waals surface area contributed by atoms with E-state index < -0.39 is 0 Å². The molecule has 0 spiro atoms. The highest BCUT2D eigenvalue weighted by atomic mass is 79.9. The third-order valence-electron chi connectivity index (χ3n) is 3.27. The SMILES string of the molecule is Cc1nccc(N2CCC(C(C)Br)CC2)n1. The van der Waals surface area contributed by atoms with E-state index in [0.717, 1.165) is 30.6 Å². The van der Waals surface area contributed by atoms with Crippen LogP contribution < -0.4 is 4.90 Å². The smallest absolute Gasteiger partial charge is 0.132 e. The van der Waals surface area contributed by atoms with Gasteiger partial charge in [0.15, 0.2) is 0 Å². The van der Waals surface area contributed by atoms with Crippen molar-refractivity contribution in [3.05, 3.63) is 18.1 Å². The van der Waals surface area contributed by atoms with E-state index in [-0.39, 0.29) is 0 Å². The first-order valence-corrected chi connectivity index (χ1v) is 6.77. The normalized spacial score (nSPS) is 19.8. The van der Waals surface area contributed by atoms with Gasteiger partial charge in [0.2, 0.25) is 0 Å². The fourth-order valence-electron chi connectivity index (χ4n) is 2.21. The maximum absolute atomic E-state index is 4.47. The Labute approximate surface area is 105 Å². The second-order valence-electron chi connectivity index (χ2n) is 4.46. The quantitative estimate of drug-likeness (QED) is 0.782. The van der Waals surface area contributed by atoms with Gasteiger partial charge in [-0.1, -0.05) is 22.9 Å². The molecule has 0 aromatic carbocycles. The molecule has 4 heteroatoms. The van der Waals surface area contributed by atoms with Crippen LogP contribution in [-0.2, 0) is 0 Å². The molecule has 1 atom stereocenters. The summed E-state index contributed by atoms with van der Waals surface area (Å²) in [4.78, 5) is 11.6. The highest BCUT2D eigenvalue weighted by Gasteiger charge is 2.22. The van der Waals surface area contributed by atoms with Gasteiger partial charge in [0.1, 0.15) is 11.6 Å². The number of alkyl halides is 1. The van der Waals surface area contributed by atoms with Crippen molar-refractivity contribution in [1.29, 1.82) is 0 Å². The van der Waals surface area contributed by atoms with E-state index in [2.05, 4.69) is 37.7 Å². The van der Waals surface area contributed by atoms with Gasteiger partial charge in [-0.3, -0.25) is 0 Å². The second kappa shape index (κ2) is 5.13. The van der Waals surface area contributed by atoms with Crippen LogP contribution in [0.3, 0.4) is 0 Å². The summed E-state index contributed by atoms with van der Waals surface area (Å²) in [7, 11) is 0. The summed E-state index contributed by atoms with van der Waals surface area (Å²) in [5.74, 6) is 2.74. The maximum Gasteiger partial charge on any atom is 0.132 e. The van der Waals surface area contributed by atoms with Gasteiger partial charge in [-0.25, -0.2) is 9.97 Å². The molecule has 0 bridgehead atoms. The third-order valence-corrected chi connectivity index (χ3v) is 4.02. The van der Waals surface area contributed by atoms with E-state index in [4.69, 9.17) is 0 Å². The molecule has 1 unspecified atom stereocenters. The molecule has 2 heterocycles. The molecule has 1 saturated heterocycles. The molecule has 16 heavy (non-hydrogen) atoms. The Bertz CT molecular complexity index is 346. The number of nitrogens with zero attached hydrogens (tertiary/aromatic N) is 3. The van der Waals surface area contributed by atoms with Gasteiger partial charge in [-0.15, -0.1) is 0 Å². The number of piperidine rings is 1. The standard InChI is InChI=1S/C12H18BrN3/c1-9(13)11-4-7-16(8-5-11)12-3-6-14-10(2)15-12/h3,6,9,11H,4-5,7-8H2,1-2H3. The minimum atomic E-state index is 0.627. The van der Waals surface area contributed by atoms with Gasteiger partial charge in [0.05, 0.1) is 0 Å². The van der Waals surface area contributed by atoms with Crippen LogP contribution in [0.1, 0.15) is 25.6 Å². The van der Waals surface area contributed by atoms with E-state index in [1.165, 1.54) is 12.8 Å². The third kappa shape index (κ3) is 2.73. The Kier molecular flexibility index (Phi) is 3.79. The lowest BCUT2D eigenvalue weighted by Crippen LogP contribution is -2.36. The number of halogens is 1. The van der Waals surface area contributed by atoms with Crippen molar-refractivity contribution in [3.63, 3.8) is 0 Å². The molecule has 1 aliphatic heterocycles. The Morgan fingerprint density at radius 1 is 1.44 bits per heavy atom. The minimum absolute atomic E-state index is 0.627. The molecule has 1 fully saturated rings. The first-order chi connectivity index (χ1) is 7.66. The first kappa shape index (κ1) is 11.8. The maximum atomic E-state index is 4.47. The molecule has 0 aliphatic carbocycles. The Hall–Kier alpha value is -0.640. The van der Waals surface area contributed by atoms with Gasteiger partial charge < -0.3 is 4.90 Å². The van der Waals surface area contributed by atoms with Gasteiger partial charge in [0.25, 0.3) is 0 Å². The van der Waals surface area contributed by atoms with E-state index >= 15 is 0 Å². The zero-order valence-corrected chi connectivity index (χ0v) is 11.4. The topological polar surface area (TPSA) is 29.0 Å². The molecule has 1 aliphatic rings. The van der Waals surface area contributed by atoms with Crippen LogP contribution in [0.2, 0.25) is 0 Å². The van der Waals surface area contributed by atoms with Crippen molar-refractivity contribution in [3.8, 4) is 0 Å². The summed E-state index contributed by atoms with van der Waals surface area (Å²) in [5, 5.41) is 0. The van der Waals surface area contributed by atoms with Crippen LogP contribution in [0, 0.1) is 12.8 Å². The number of hydrogen-bond acceptors (Lipinski definition) is 3. The Balaban J connectivity index is 1.99. The zero-order chi connectivity index (χ0) is 11.5. The van der Waals surface area contributed by atoms with Crippen molar-refractivity contribution >= 4 is 21.7 Å². The monoisotopic (exact) mass is 283 g/mol. The number of anilines is 1. The van der Waals surface area contributed by atoms with Crippen molar-refractivity contribution in [2.24, 2.45) is 5.92 Å². The van der Waals surface area contributed by atoms with Crippen molar-refractivity contribution in [2.75, 3.05) is 18.0 Å². The van der Waals surface area contributed by atoms with Crippen LogP contribution in [0.5, 0.6) is 0 Å². The van der Waals surface area contributed by atoms with E-state index in [9.17, 15) is 0 Å². The fraction of sp³-hybridized carbons (Fsp3) is 0.667. The summed E-state index contributed by atoms with van der Waals surface area (Å²) in [5.41, 5.74) is 0. The van der Waals surface area contributed by atoms with Gasteiger partial charge >= 0.3 is 0 Å². The summed E-state index contributed by atoms with van der Waals surface area (Å²) in [6.45, 7) is 6.40. The van der Waals surface area contributed by atoms with Crippen molar-refractivity contribution in [1.82, 2.24) is 9.97 Å². The Morgan fingerprint density at radius 2 is 2.12 bits per heavy atom. The second-order valence-corrected chi connectivity index (χ2v) is 5.91. The Morgan fingerprint density at radius 3 is 2.69 bits per heavy atom. The van der Waals surface area contributed by atoms with Gasteiger partial charge in [0, 0.05) is 24.1 Å². The highest BCUT2D eigenvalue weighted by Crippen LogP contribution is 2.27. The molecular formula is C12H18BrN3. The molecule has 1 aromatic rings. The lowest BCUT2D eigenvalue weighted by Gasteiger charge is -2.34. The molecule has 3 nitrogen and oxygen atoms in total. The minimum Gasteiger partial charge on any atom is -0.356 e. The summed E-state index contributed by atoms with van der Waals surface area (Å²) in [6, 6.07) is 2.00. The molecule has 88 valence electrons. The predicted octanol–water partition coefficient (Wildman–Crippen LogP) is 2.78. The summed E-state index contributed by atoms with van der Waals surface area (Å²) in [6.07, 6.45) is 4.34. The van der Waals surface area contributed by atoms with Crippen molar-refractivity contribution < 1.29 is 0 Å². The van der Waals surface area contributed by atoms with Crippen LogP contribution in [0.15, 0.2) is 12.3 Å². The lowest BCUT2D eigenvalue weighted by atomic mass is 9.94. The van der Waals surface area contributed by atoms with E-state index in [1.807, 2.05) is 19.2 Å². The predicted molar refractivity (Wildman–Crippen MR) is 70.1 cm³/mol. The molecule has 2 rings (SSSR count). The largest absolute Gasteiger partial charge is 0.356 e. The highest BCUT2D eigenvalue weighted by molar-refractivity contribution is 9.09. The van der Waals surface area contributed by atoms with E-state index in [1.54, 1.807) is 0 Å². The molecule has 1 aromatic heterocycles. The number of rotatable bonds is 2. The average molecular weight is 284 g/mol. The van der Waals surface area contributed by atoms with Crippen LogP contribution in [-0.4, -0.2) is 27.9 Å². The molecule has 0 N–H and O–H groups in total. The van der Waals surface area contributed by atoms with Gasteiger partial charge in [-0.05, 0) is 31.7 Å². The number of hydrogen-bond donors (Lipinski definition) is 0. The zero-order valence-electron chi connectivity index (χ0n) is 9.86. The fourth-order valence-corrected chi connectivity index (χ4v) is 2.74. The molecular weight excluding hydrogens is 266 g/mol. The molecule has 0 radical (unpaired) electrons. The van der Waals surface area contributed by atoms with Crippen LogP contribution in [0.25, 0.3) is 0 Å². The number of aryl methyl sites for hydroxylation is 1. The lowest BCUT2D eigenvalue weighted by molar-refractivity contribution is 0.405. The average Bonchev–Trinajstić information content (AvgIpc) is 2.29. The summed E-state index contributed by atoms with van der Waals surface area (Å²) >= 11 is 3.68. The van der Waals surface area contributed by atoms with Gasteiger partial charge in [-0.2, -0.15) is 0 Å². The van der Waals surface area contributed by atoms with Crippen LogP contribution >= 0.6 is 15.9 Å². The first-order valence-electron chi connectivity index (χ1n) is 5.85. The number of aromatic nitrogens is 2.